The van der Waals surface area contributed by atoms with Crippen molar-refractivity contribution in [2.45, 2.75) is 40.0 Å². The van der Waals surface area contributed by atoms with Crippen molar-refractivity contribution in [1.82, 2.24) is 0 Å². The smallest absolute Gasteiger partial charge is 0.336 e. The first-order chi connectivity index (χ1) is 14.8. The van der Waals surface area contributed by atoms with Gasteiger partial charge in [-0.05, 0) is 39.2 Å². The van der Waals surface area contributed by atoms with E-state index in [1.165, 1.54) is 0 Å². The minimum atomic E-state index is -0.900. The number of esters is 2. The summed E-state index contributed by atoms with van der Waals surface area (Å²) in [7, 11) is 1.55. The molecule has 1 fully saturated rings. The van der Waals surface area contributed by atoms with Crippen LogP contribution in [-0.2, 0) is 23.9 Å². The van der Waals surface area contributed by atoms with Crippen molar-refractivity contribution in [3.63, 3.8) is 0 Å². The largest absolute Gasteiger partial charge is 0.496 e. The van der Waals surface area contributed by atoms with Gasteiger partial charge in [-0.2, -0.15) is 0 Å². The van der Waals surface area contributed by atoms with E-state index in [1.807, 2.05) is 25.1 Å². The van der Waals surface area contributed by atoms with E-state index in [4.69, 9.17) is 14.2 Å². The lowest BCUT2D eigenvalue weighted by molar-refractivity contribution is -0.154. The van der Waals surface area contributed by atoms with Crippen molar-refractivity contribution < 1.29 is 28.6 Å². The van der Waals surface area contributed by atoms with E-state index < -0.39 is 29.7 Å². The van der Waals surface area contributed by atoms with Crippen molar-refractivity contribution >= 4 is 23.4 Å². The fourth-order valence-corrected chi connectivity index (χ4v) is 4.67. The Morgan fingerprint density at radius 2 is 1.77 bits per heavy atom. The Hall–Kier alpha value is -2.96. The Morgan fingerprint density at radius 3 is 2.42 bits per heavy atom. The fourth-order valence-electron chi connectivity index (χ4n) is 4.67. The third kappa shape index (κ3) is 4.13. The average molecular weight is 427 g/mol. The molecule has 4 atom stereocenters. The summed E-state index contributed by atoms with van der Waals surface area (Å²) >= 11 is 0. The molecule has 0 spiro atoms. The van der Waals surface area contributed by atoms with E-state index in [9.17, 15) is 14.4 Å². The van der Waals surface area contributed by atoms with Crippen LogP contribution in [0.1, 0.15) is 45.6 Å². The number of fused-ring (bicyclic) bond motifs is 1. The first-order valence-corrected chi connectivity index (χ1v) is 10.6. The molecule has 7 nitrogen and oxygen atoms in total. The van der Waals surface area contributed by atoms with Crippen molar-refractivity contribution in [2.75, 3.05) is 20.3 Å². The van der Waals surface area contributed by atoms with Crippen LogP contribution in [-0.4, -0.2) is 43.8 Å². The van der Waals surface area contributed by atoms with Crippen LogP contribution in [0.3, 0.4) is 0 Å². The standard InChI is InChI=1S/C24H29NO6/c1-6-30-23(27)18-13(3)12-16-21(22(18)26)20(15-10-8-9-11-17(15)29-5)19(14(4)25-16)24(28)31-7-2/h8-11,13,18,20-21H,6-7,12H2,1-5H3/t13-,18+,20+,21?/m0/s1. The number of hydrogen-bond acceptors (Lipinski definition) is 7. The Balaban J connectivity index is 2.19. The van der Waals surface area contributed by atoms with Crippen molar-refractivity contribution in [3.05, 3.63) is 41.1 Å². The Kier molecular flexibility index (Phi) is 6.93. The Morgan fingerprint density at radius 1 is 1.10 bits per heavy atom. The Bertz CT molecular complexity index is 947. The molecule has 1 saturated carbocycles. The van der Waals surface area contributed by atoms with E-state index in [0.717, 1.165) is 0 Å². The number of Topliss-reactive ketones (excluding diaryl/α,β-unsaturated/α-hetero) is 1. The molecule has 1 unspecified atom stereocenters. The van der Waals surface area contributed by atoms with Crippen LogP contribution in [0.25, 0.3) is 0 Å². The monoisotopic (exact) mass is 427 g/mol. The molecule has 1 aromatic rings. The first-order valence-electron chi connectivity index (χ1n) is 10.6. The van der Waals surface area contributed by atoms with Gasteiger partial charge in [-0.25, -0.2) is 4.79 Å². The zero-order chi connectivity index (χ0) is 22.7. The second-order valence-electron chi connectivity index (χ2n) is 7.83. The van der Waals surface area contributed by atoms with Gasteiger partial charge in [0, 0.05) is 22.9 Å². The topological polar surface area (TPSA) is 91.3 Å². The van der Waals surface area contributed by atoms with E-state index in [-0.39, 0.29) is 24.9 Å². The molecule has 1 heterocycles. The number of carbonyl (C=O) groups excluding carboxylic acids is 3. The number of rotatable bonds is 6. The summed E-state index contributed by atoms with van der Waals surface area (Å²) in [5.41, 5.74) is 2.22. The SMILES string of the molecule is CCOC(=O)C1=C(C)N=C2C[C@H](C)[C@@H](C(=O)OCC)C(=O)C2[C@@H]1c1ccccc1OC. The van der Waals surface area contributed by atoms with Crippen LogP contribution >= 0.6 is 0 Å². The van der Waals surface area contributed by atoms with Crippen LogP contribution in [0, 0.1) is 17.8 Å². The predicted molar refractivity (Wildman–Crippen MR) is 115 cm³/mol. The minimum Gasteiger partial charge on any atom is -0.496 e. The summed E-state index contributed by atoms with van der Waals surface area (Å²) < 4.78 is 16.1. The second kappa shape index (κ2) is 9.45. The molecular weight excluding hydrogens is 398 g/mol. The highest BCUT2D eigenvalue weighted by molar-refractivity contribution is 6.17. The van der Waals surface area contributed by atoms with Crippen molar-refractivity contribution in [1.29, 1.82) is 0 Å². The van der Waals surface area contributed by atoms with Gasteiger partial charge in [-0.1, -0.05) is 25.1 Å². The van der Waals surface area contributed by atoms with Gasteiger partial charge in [-0.15, -0.1) is 0 Å². The van der Waals surface area contributed by atoms with Crippen LogP contribution in [0.2, 0.25) is 0 Å². The number of benzene rings is 1. The van der Waals surface area contributed by atoms with E-state index >= 15 is 0 Å². The van der Waals surface area contributed by atoms with E-state index in [1.54, 1.807) is 33.9 Å². The van der Waals surface area contributed by atoms with Gasteiger partial charge < -0.3 is 14.2 Å². The lowest BCUT2D eigenvalue weighted by atomic mass is 9.63. The van der Waals surface area contributed by atoms with Gasteiger partial charge in [0.1, 0.15) is 11.7 Å². The summed E-state index contributed by atoms with van der Waals surface area (Å²) in [6.45, 7) is 7.45. The lowest BCUT2D eigenvalue weighted by Crippen LogP contribution is -2.49. The molecule has 3 rings (SSSR count). The number of ether oxygens (including phenoxy) is 3. The average Bonchev–Trinajstić information content (AvgIpc) is 2.73. The van der Waals surface area contributed by atoms with Crippen LogP contribution in [0.4, 0.5) is 0 Å². The maximum Gasteiger partial charge on any atom is 0.336 e. The predicted octanol–water partition coefficient (Wildman–Crippen LogP) is 3.47. The number of carbonyl (C=O) groups is 3. The molecule has 0 amide bonds. The van der Waals surface area contributed by atoms with Gasteiger partial charge in [0.25, 0.3) is 0 Å². The molecule has 0 radical (unpaired) electrons. The first kappa shape index (κ1) is 22.7. The van der Waals surface area contributed by atoms with Gasteiger partial charge in [0.15, 0.2) is 5.78 Å². The zero-order valence-electron chi connectivity index (χ0n) is 18.6. The summed E-state index contributed by atoms with van der Waals surface area (Å²) in [4.78, 5) is 43.9. The number of allylic oxidation sites excluding steroid dienone is 1. The molecule has 0 bridgehead atoms. The minimum absolute atomic E-state index is 0.198. The molecule has 2 aliphatic rings. The molecule has 31 heavy (non-hydrogen) atoms. The summed E-state index contributed by atoms with van der Waals surface area (Å²) in [5, 5.41) is 0. The number of aliphatic imine (C=N–C) groups is 1. The molecule has 1 aromatic carbocycles. The summed E-state index contributed by atoms with van der Waals surface area (Å²) in [6.07, 6.45) is 0.471. The number of methoxy groups -OCH3 is 1. The normalized spacial score (nSPS) is 25.5. The number of ketones is 1. The third-order valence-electron chi connectivity index (χ3n) is 5.93. The number of hydrogen-bond donors (Lipinski definition) is 0. The highest BCUT2D eigenvalue weighted by atomic mass is 16.5. The quantitative estimate of drug-likeness (QED) is 0.510. The maximum absolute atomic E-state index is 13.7. The van der Waals surface area contributed by atoms with Gasteiger partial charge in [0.2, 0.25) is 0 Å². The molecule has 1 aliphatic carbocycles. The van der Waals surface area contributed by atoms with Gasteiger partial charge in [-0.3, -0.25) is 14.6 Å². The lowest BCUT2D eigenvalue weighted by Gasteiger charge is -2.40. The third-order valence-corrected chi connectivity index (χ3v) is 5.93. The molecule has 166 valence electrons. The van der Waals surface area contributed by atoms with Crippen LogP contribution in [0.15, 0.2) is 40.5 Å². The zero-order valence-corrected chi connectivity index (χ0v) is 18.6. The molecule has 0 saturated heterocycles. The Labute approximate surface area is 182 Å². The van der Waals surface area contributed by atoms with E-state index in [2.05, 4.69) is 4.99 Å². The van der Waals surface area contributed by atoms with Crippen molar-refractivity contribution in [2.24, 2.45) is 22.7 Å². The molecule has 7 heteroatoms. The molecule has 1 aliphatic heterocycles. The summed E-state index contributed by atoms with van der Waals surface area (Å²) in [5.74, 6) is -3.31. The molecule has 0 N–H and O–H groups in total. The highest BCUT2D eigenvalue weighted by Crippen LogP contribution is 2.47. The van der Waals surface area contributed by atoms with Gasteiger partial charge in [0.05, 0.1) is 31.8 Å². The number of nitrogens with zero attached hydrogens (tertiary/aromatic N) is 1. The van der Waals surface area contributed by atoms with Crippen LogP contribution < -0.4 is 4.74 Å². The second-order valence-corrected chi connectivity index (χ2v) is 7.83. The summed E-state index contributed by atoms with van der Waals surface area (Å²) in [6, 6.07) is 7.29. The highest BCUT2D eigenvalue weighted by Gasteiger charge is 2.52. The molecular formula is C24H29NO6. The maximum atomic E-state index is 13.7. The molecule has 0 aromatic heterocycles. The van der Waals surface area contributed by atoms with Crippen molar-refractivity contribution in [3.8, 4) is 5.75 Å². The van der Waals surface area contributed by atoms with E-state index in [0.29, 0.717) is 34.7 Å². The van der Waals surface area contributed by atoms with Crippen LogP contribution in [0.5, 0.6) is 5.75 Å². The number of para-hydroxylation sites is 1. The van der Waals surface area contributed by atoms with Gasteiger partial charge >= 0.3 is 11.9 Å². The fraction of sp³-hybridized carbons (Fsp3) is 0.500.